The number of nitrogens with two attached hydrogens (primary N) is 1. The Labute approximate surface area is 115 Å². The minimum absolute atomic E-state index is 0.289. The molecule has 20 heavy (non-hydrogen) atoms. The number of nitrogens with zero attached hydrogens (tertiary/aromatic N) is 2. The lowest BCUT2D eigenvalue weighted by Gasteiger charge is -2.17. The van der Waals surface area contributed by atoms with Crippen molar-refractivity contribution in [2.24, 2.45) is 5.84 Å². The number of hydrogen-bond acceptors (Lipinski definition) is 4. The number of aromatic nitrogens is 2. The van der Waals surface area contributed by atoms with E-state index in [1.165, 1.54) is 12.1 Å². The number of hydrogen-bond donors (Lipinski definition) is 2. The highest BCUT2D eigenvalue weighted by Crippen LogP contribution is 2.24. The van der Waals surface area contributed by atoms with Gasteiger partial charge in [-0.15, -0.1) is 0 Å². The maximum absolute atomic E-state index is 13.3. The Morgan fingerprint density at radius 1 is 0.950 bits per heavy atom. The van der Waals surface area contributed by atoms with E-state index in [0.29, 0.717) is 0 Å². The van der Waals surface area contributed by atoms with Crippen LogP contribution in [0.25, 0.3) is 11.0 Å². The van der Waals surface area contributed by atoms with Gasteiger partial charge in [0.2, 0.25) is 0 Å². The molecule has 0 fully saturated rings. The SMILES string of the molecule is NNC(c1cccc(F)c1)c1ccc2nccnc2c1. The summed E-state index contributed by atoms with van der Waals surface area (Å²) >= 11 is 0. The molecule has 0 saturated heterocycles. The Balaban J connectivity index is 2.07. The predicted octanol–water partition coefficient (Wildman–Crippen LogP) is 2.32. The second-order valence-corrected chi connectivity index (χ2v) is 4.46. The van der Waals surface area contributed by atoms with Gasteiger partial charge in [0.25, 0.3) is 0 Å². The van der Waals surface area contributed by atoms with Crippen LogP contribution >= 0.6 is 0 Å². The van der Waals surface area contributed by atoms with E-state index in [9.17, 15) is 4.39 Å². The molecule has 3 rings (SSSR count). The molecule has 5 heteroatoms. The zero-order chi connectivity index (χ0) is 13.9. The molecule has 0 aliphatic heterocycles. The van der Waals surface area contributed by atoms with Crippen LogP contribution in [0, 0.1) is 5.82 Å². The summed E-state index contributed by atoms with van der Waals surface area (Å²) in [7, 11) is 0. The van der Waals surface area contributed by atoms with Crippen LogP contribution in [0.2, 0.25) is 0 Å². The fraction of sp³-hybridized carbons (Fsp3) is 0.0667. The highest BCUT2D eigenvalue weighted by atomic mass is 19.1. The molecule has 0 amide bonds. The first-order valence-corrected chi connectivity index (χ1v) is 6.20. The van der Waals surface area contributed by atoms with Crippen molar-refractivity contribution >= 4 is 11.0 Å². The summed E-state index contributed by atoms with van der Waals surface area (Å²) in [5.74, 6) is 5.33. The van der Waals surface area contributed by atoms with Crippen LogP contribution in [-0.4, -0.2) is 9.97 Å². The highest BCUT2D eigenvalue weighted by molar-refractivity contribution is 5.74. The van der Waals surface area contributed by atoms with E-state index in [4.69, 9.17) is 5.84 Å². The Morgan fingerprint density at radius 2 is 1.70 bits per heavy atom. The molecule has 0 saturated carbocycles. The van der Waals surface area contributed by atoms with Crippen LogP contribution in [-0.2, 0) is 0 Å². The van der Waals surface area contributed by atoms with Gasteiger partial charge in [-0.3, -0.25) is 15.8 Å². The van der Waals surface area contributed by atoms with E-state index in [-0.39, 0.29) is 11.9 Å². The molecule has 0 spiro atoms. The van der Waals surface area contributed by atoms with Gasteiger partial charge in [-0.2, -0.15) is 0 Å². The third kappa shape index (κ3) is 2.36. The molecule has 2 aromatic carbocycles. The largest absolute Gasteiger partial charge is 0.271 e. The molecule has 0 aliphatic carbocycles. The summed E-state index contributed by atoms with van der Waals surface area (Å²) < 4.78 is 13.3. The van der Waals surface area contributed by atoms with Gasteiger partial charge in [-0.25, -0.2) is 9.82 Å². The van der Waals surface area contributed by atoms with Crippen molar-refractivity contribution in [3.63, 3.8) is 0 Å². The van der Waals surface area contributed by atoms with Crippen molar-refractivity contribution in [1.82, 2.24) is 15.4 Å². The molecule has 4 nitrogen and oxygen atoms in total. The molecule has 0 radical (unpaired) electrons. The molecular formula is C15H13FN4. The van der Waals surface area contributed by atoms with Crippen LogP contribution in [0.15, 0.2) is 54.9 Å². The first kappa shape index (κ1) is 12.7. The van der Waals surface area contributed by atoms with Crippen LogP contribution in [0.3, 0.4) is 0 Å². The number of hydrazine groups is 1. The van der Waals surface area contributed by atoms with Crippen molar-refractivity contribution in [3.05, 3.63) is 71.8 Å². The quantitative estimate of drug-likeness (QED) is 0.565. The smallest absolute Gasteiger partial charge is 0.123 e. The third-order valence-corrected chi connectivity index (χ3v) is 3.18. The molecular weight excluding hydrogens is 255 g/mol. The average Bonchev–Trinajstić information content (AvgIpc) is 2.48. The summed E-state index contributed by atoms with van der Waals surface area (Å²) in [5, 5.41) is 0. The van der Waals surface area contributed by atoms with Gasteiger partial charge in [0, 0.05) is 12.4 Å². The summed E-state index contributed by atoms with van der Waals surface area (Å²) in [6.07, 6.45) is 3.28. The lowest BCUT2D eigenvalue weighted by molar-refractivity contribution is 0.605. The van der Waals surface area contributed by atoms with Crippen molar-refractivity contribution in [1.29, 1.82) is 0 Å². The average molecular weight is 268 g/mol. The number of rotatable bonds is 3. The Kier molecular flexibility index (Phi) is 3.37. The van der Waals surface area contributed by atoms with Gasteiger partial charge in [-0.1, -0.05) is 18.2 Å². The summed E-state index contributed by atoms with van der Waals surface area (Å²) in [4.78, 5) is 8.48. The molecule has 3 N–H and O–H groups in total. The van der Waals surface area contributed by atoms with E-state index >= 15 is 0 Å². The summed E-state index contributed by atoms with van der Waals surface area (Å²) in [6.45, 7) is 0. The van der Waals surface area contributed by atoms with E-state index in [2.05, 4.69) is 15.4 Å². The molecule has 100 valence electrons. The Hall–Kier alpha value is -2.37. The molecule has 1 unspecified atom stereocenters. The lowest BCUT2D eigenvalue weighted by Crippen LogP contribution is -2.28. The predicted molar refractivity (Wildman–Crippen MR) is 75.1 cm³/mol. The highest BCUT2D eigenvalue weighted by Gasteiger charge is 2.13. The van der Waals surface area contributed by atoms with Crippen LogP contribution in [0.4, 0.5) is 4.39 Å². The molecule has 1 aromatic heterocycles. The standard InChI is InChI=1S/C15H13FN4/c16-12-3-1-2-10(8-12)15(20-17)11-4-5-13-14(9-11)19-7-6-18-13/h1-9,15,20H,17H2. The second-order valence-electron chi connectivity index (χ2n) is 4.46. The van der Waals surface area contributed by atoms with Crippen molar-refractivity contribution < 1.29 is 4.39 Å². The van der Waals surface area contributed by atoms with Crippen LogP contribution in [0.5, 0.6) is 0 Å². The molecule has 0 aliphatic rings. The Morgan fingerprint density at radius 3 is 2.45 bits per heavy atom. The number of halogens is 1. The third-order valence-electron chi connectivity index (χ3n) is 3.18. The molecule has 0 bridgehead atoms. The summed E-state index contributed by atoms with van der Waals surface area (Å²) in [5.41, 5.74) is 5.97. The number of benzene rings is 2. The van der Waals surface area contributed by atoms with Gasteiger partial charge < -0.3 is 0 Å². The van der Waals surface area contributed by atoms with Crippen LogP contribution in [0.1, 0.15) is 17.2 Å². The van der Waals surface area contributed by atoms with Crippen molar-refractivity contribution in [2.45, 2.75) is 6.04 Å². The number of fused-ring (bicyclic) bond motifs is 1. The van der Waals surface area contributed by atoms with Crippen molar-refractivity contribution in [3.8, 4) is 0 Å². The molecule has 1 atom stereocenters. The number of nitrogens with one attached hydrogen (secondary N) is 1. The maximum Gasteiger partial charge on any atom is 0.123 e. The minimum atomic E-state index is -0.294. The lowest BCUT2D eigenvalue weighted by atomic mass is 9.99. The van der Waals surface area contributed by atoms with E-state index in [1.54, 1.807) is 18.5 Å². The van der Waals surface area contributed by atoms with Gasteiger partial charge >= 0.3 is 0 Å². The van der Waals surface area contributed by atoms with Crippen LogP contribution < -0.4 is 11.3 Å². The van der Waals surface area contributed by atoms with Crippen molar-refractivity contribution in [2.75, 3.05) is 0 Å². The normalized spacial score (nSPS) is 12.5. The monoisotopic (exact) mass is 268 g/mol. The van der Waals surface area contributed by atoms with E-state index in [0.717, 1.165) is 22.2 Å². The zero-order valence-electron chi connectivity index (χ0n) is 10.6. The van der Waals surface area contributed by atoms with E-state index in [1.807, 2.05) is 24.3 Å². The minimum Gasteiger partial charge on any atom is -0.271 e. The topological polar surface area (TPSA) is 63.8 Å². The van der Waals surface area contributed by atoms with Gasteiger partial charge in [0.1, 0.15) is 5.82 Å². The first-order valence-electron chi connectivity index (χ1n) is 6.20. The fourth-order valence-electron chi connectivity index (χ4n) is 2.23. The van der Waals surface area contributed by atoms with Gasteiger partial charge in [-0.05, 0) is 35.4 Å². The zero-order valence-corrected chi connectivity index (χ0v) is 10.6. The van der Waals surface area contributed by atoms with Gasteiger partial charge in [0.05, 0.1) is 17.1 Å². The maximum atomic E-state index is 13.3. The molecule has 1 heterocycles. The summed E-state index contributed by atoms with van der Waals surface area (Å²) in [6, 6.07) is 11.8. The second kappa shape index (κ2) is 5.32. The Bertz CT molecular complexity index is 745. The first-order chi connectivity index (χ1) is 9.78. The molecule has 3 aromatic rings. The van der Waals surface area contributed by atoms with E-state index < -0.39 is 0 Å². The fourth-order valence-corrected chi connectivity index (χ4v) is 2.23. The van der Waals surface area contributed by atoms with Gasteiger partial charge in [0.15, 0.2) is 0 Å².